The Morgan fingerprint density at radius 3 is 3.07 bits per heavy atom. The molecular formula is C12H10O3. The summed E-state index contributed by atoms with van der Waals surface area (Å²) in [6, 6.07) is 7.61. The van der Waals surface area contributed by atoms with E-state index in [2.05, 4.69) is 11.8 Å². The normalized spacial score (nSPS) is 18.0. The summed E-state index contributed by atoms with van der Waals surface area (Å²) in [6.07, 6.45) is 0.747. The van der Waals surface area contributed by atoms with E-state index in [0.717, 1.165) is 17.7 Å². The van der Waals surface area contributed by atoms with Crippen LogP contribution >= 0.6 is 0 Å². The topological polar surface area (TPSA) is 46.5 Å². The Kier molecular flexibility index (Phi) is 2.59. The Hall–Kier alpha value is -1.95. The van der Waals surface area contributed by atoms with Crippen LogP contribution in [0.15, 0.2) is 24.3 Å². The van der Waals surface area contributed by atoms with E-state index in [1.807, 2.05) is 24.3 Å². The van der Waals surface area contributed by atoms with Crippen molar-refractivity contribution < 1.29 is 14.6 Å². The molecule has 0 bridgehead atoms. The number of aliphatic carboxylic acids is 1. The van der Waals surface area contributed by atoms with Gasteiger partial charge in [0.25, 0.3) is 0 Å². The van der Waals surface area contributed by atoms with Gasteiger partial charge in [0.15, 0.2) is 0 Å². The van der Waals surface area contributed by atoms with Crippen LogP contribution in [0.2, 0.25) is 0 Å². The molecule has 0 spiro atoms. The molecular weight excluding hydrogens is 192 g/mol. The largest absolute Gasteiger partial charge is 0.493 e. The van der Waals surface area contributed by atoms with Crippen molar-refractivity contribution in [2.45, 2.75) is 12.3 Å². The van der Waals surface area contributed by atoms with Gasteiger partial charge in [-0.25, -0.2) is 4.79 Å². The molecule has 76 valence electrons. The zero-order valence-corrected chi connectivity index (χ0v) is 8.06. The van der Waals surface area contributed by atoms with Gasteiger partial charge < -0.3 is 9.84 Å². The van der Waals surface area contributed by atoms with Gasteiger partial charge in [0.05, 0.1) is 12.5 Å². The van der Waals surface area contributed by atoms with Crippen LogP contribution in [0.1, 0.15) is 17.9 Å². The lowest BCUT2D eigenvalue weighted by Crippen LogP contribution is -2.13. The minimum atomic E-state index is -1.08. The third kappa shape index (κ3) is 2.10. The second-order valence-electron chi connectivity index (χ2n) is 3.30. The average Bonchev–Trinajstić information content (AvgIpc) is 2.26. The SMILES string of the molecule is O=C(O)C#CC1CCOc2ccccc21. The first-order valence-electron chi connectivity index (χ1n) is 4.73. The van der Waals surface area contributed by atoms with Gasteiger partial charge in [-0.05, 0) is 12.5 Å². The van der Waals surface area contributed by atoms with E-state index in [-0.39, 0.29) is 5.92 Å². The number of hydrogen-bond donors (Lipinski definition) is 1. The van der Waals surface area contributed by atoms with Crippen molar-refractivity contribution in [3.8, 4) is 17.6 Å². The maximum atomic E-state index is 10.3. The molecule has 2 rings (SSSR count). The van der Waals surface area contributed by atoms with E-state index < -0.39 is 5.97 Å². The van der Waals surface area contributed by atoms with Crippen molar-refractivity contribution in [1.82, 2.24) is 0 Å². The number of carbonyl (C=O) groups is 1. The standard InChI is InChI=1S/C12H10O3/c13-12(14)6-5-9-7-8-15-11-4-2-1-3-10(9)11/h1-4,9H,7-8H2,(H,13,14). The molecule has 0 radical (unpaired) electrons. The molecule has 1 N–H and O–H groups in total. The van der Waals surface area contributed by atoms with Crippen molar-refractivity contribution >= 4 is 5.97 Å². The molecule has 1 aromatic rings. The third-order valence-electron chi connectivity index (χ3n) is 2.31. The lowest BCUT2D eigenvalue weighted by molar-refractivity contribution is -0.130. The molecule has 1 aliphatic heterocycles. The smallest absolute Gasteiger partial charge is 0.381 e. The van der Waals surface area contributed by atoms with Crippen LogP contribution in [0.25, 0.3) is 0 Å². The second kappa shape index (κ2) is 4.05. The summed E-state index contributed by atoms with van der Waals surface area (Å²) >= 11 is 0. The maximum absolute atomic E-state index is 10.3. The third-order valence-corrected chi connectivity index (χ3v) is 2.31. The second-order valence-corrected chi connectivity index (χ2v) is 3.30. The number of para-hydroxylation sites is 1. The van der Waals surface area contributed by atoms with Crippen LogP contribution < -0.4 is 4.74 Å². The van der Waals surface area contributed by atoms with E-state index in [1.165, 1.54) is 0 Å². The van der Waals surface area contributed by atoms with Crippen LogP contribution in [-0.2, 0) is 4.79 Å². The summed E-state index contributed by atoms with van der Waals surface area (Å²) in [7, 11) is 0. The first-order valence-corrected chi connectivity index (χ1v) is 4.73. The van der Waals surface area contributed by atoms with Gasteiger partial charge in [-0.15, -0.1) is 0 Å². The molecule has 0 aliphatic carbocycles. The number of carboxylic acid groups (broad SMARTS) is 1. The highest BCUT2D eigenvalue weighted by Crippen LogP contribution is 2.32. The summed E-state index contributed by atoms with van der Waals surface area (Å²) in [6.45, 7) is 0.593. The Labute approximate surface area is 87.7 Å². The molecule has 0 saturated carbocycles. The van der Waals surface area contributed by atoms with Crippen molar-refractivity contribution in [3.63, 3.8) is 0 Å². The van der Waals surface area contributed by atoms with Crippen LogP contribution in [-0.4, -0.2) is 17.7 Å². The molecule has 1 aromatic carbocycles. The van der Waals surface area contributed by atoms with Gasteiger partial charge in [0, 0.05) is 11.5 Å². The minimum Gasteiger partial charge on any atom is -0.493 e. The highest BCUT2D eigenvalue weighted by molar-refractivity contribution is 5.86. The summed E-state index contributed by atoms with van der Waals surface area (Å²) < 4.78 is 5.45. The van der Waals surface area contributed by atoms with E-state index in [0.29, 0.717) is 6.61 Å². The molecule has 15 heavy (non-hydrogen) atoms. The average molecular weight is 202 g/mol. The van der Waals surface area contributed by atoms with Crippen LogP contribution in [0.4, 0.5) is 0 Å². The summed E-state index contributed by atoms with van der Waals surface area (Å²) in [4.78, 5) is 10.3. The van der Waals surface area contributed by atoms with E-state index in [4.69, 9.17) is 9.84 Å². The van der Waals surface area contributed by atoms with Gasteiger partial charge in [0.2, 0.25) is 0 Å². The van der Waals surface area contributed by atoms with Crippen LogP contribution in [0.3, 0.4) is 0 Å². The van der Waals surface area contributed by atoms with Crippen molar-refractivity contribution in [3.05, 3.63) is 29.8 Å². The van der Waals surface area contributed by atoms with E-state index >= 15 is 0 Å². The molecule has 1 unspecified atom stereocenters. The fraction of sp³-hybridized carbons (Fsp3) is 0.250. The monoisotopic (exact) mass is 202 g/mol. The molecule has 1 aliphatic rings. The Bertz CT molecular complexity index is 440. The number of hydrogen-bond acceptors (Lipinski definition) is 2. The van der Waals surface area contributed by atoms with Gasteiger partial charge in [-0.2, -0.15) is 0 Å². The van der Waals surface area contributed by atoms with Crippen molar-refractivity contribution in [2.75, 3.05) is 6.61 Å². The molecule has 0 aromatic heterocycles. The number of fused-ring (bicyclic) bond motifs is 1. The van der Waals surface area contributed by atoms with E-state index in [9.17, 15) is 4.79 Å². The zero-order chi connectivity index (χ0) is 10.7. The predicted molar refractivity (Wildman–Crippen MR) is 54.7 cm³/mol. The zero-order valence-electron chi connectivity index (χ0n) is 8.06. The summed E-state index contributed by atoms with van der Waals surface area (Å²) in [5.74, 6) is 4.62. The van der Waals surface area contributed by atoms with Gasteiger partial charge in [-0.3, -0.25) is 0 Å². The fourth-order valence-corrected chi connectivity index (χ4v) is 1.64. The Balaban J connectivity index is 2.31. The highest BCUT2D eigenvalue weighted by Gasteiger charge is 2.18. The molecule has 1 heterocycles. The number of benzene rings is 1. The molecule has 3 nitrogen and oxygen atoms in total. The van der Waals surface area contributed by atoms with Gasteiger partial charge >= 0.3 is 5.97 Å². The summed E-state index contributed by atoms with van der Waals surface area (Å²) in [5.41, 5.74) is 0.984. The maximum Gasteiger partial charge on any atom is 0.381 e. The predicted octanol–water partition coefficient (Wildman–Crippen LogP) is 1.64. The first kappa shape index (κ1) is 9.60. The lowest BCUT2D eigenvalue weighted by atomic mass is 9.94. The Morgan fingerprint density at radius 2 is 2.27 bits per heavy atom. The molecule has 0 fully saturated rings. The highest BCUT2D eigenvalue weighted by atomic mass is 16.5. The fourth-order valence-electron chi connectivity index (χ4n) is 1.64. The van der Waals surface area contributed by atoms with Crippen molar-refractivity contribution in [2.24, 2.45) is 0 Å². The van der Waals surface area contributed by atoms with E-state index in [1.54, 1.807) is 0 Å². The van der Waals surface area contributed by atoms with Crippen LogP contribution in [0.5, 0.6) is 5.75 Å². The molecule has 3 heteroatoms. The van der Waals surface area contributed by atoms with Crippen LogP contribution in [0, 0.1) is 11.8 Å². The molecule has 0 amide bonds. The molecule has 0 saturated heterocycles. The number of ether oxygens (including phenoxy) is 1. The Morgan fingerprint density at radius 1 is 1.47 bits per heavy atom. The number of rotatable bonds is 0. The minimum absolute atomic E-state index is 0.0222. The molecule has 1 atom stereocenters. The lowest BCUT2D eigenvalue weighted by Gasteiger charge is -2.21. The first-order chi connectivity index (χ1) is 7.27. The summed E-state index contributed by atoms with van der Waals surface area (Å²) in [5, 5.41) is 8.49. The van der Waals surface area contributed by atoms with Crippen molar-refractivity contribution in [1.29, 1.82) is 0 Å². The quantitative estimate of drug-likeness (QED) is 0.650. The van der Waals surface area contributed by atoms with Gasteiger partial charge in [0.1, 0.15) is 5.75 Å². The van der Waals surface area contributed by atoms with Gasteiger partial charge in [-0.1, -0.05) is 24.1 Å². The number of carboxylic acids is 1.